The van der Waals surface area contributed by atoms with E-state index in [1.165, 1.54) is 36.8 Å². The Morgan fingerprint density at radius 3 is 1.73 bits per heavy atom. The zero-order valence-electron chi connectivity index (χ0n) is 15.5. The second kappa shape index (κ2) is 8.70. The van der Waals surface area contributed by atoms with Crippen molar-refractivity contribution in [2.24, 2.45) is 11.8 Å². The van der Waals surface area contributed by atoms with E-state index in [0.717, 1.165) is 11.5 Å². The van der Waals surface area contributed by atoms with Crippen molar-refractivity contribution in [2.75, 3.05) is 13.2 Å². The van der Waals surface area contributed by atoms with Crippen molar-refractivity contribution in [3.05, 3.63) is 65.2 Å². The molecule has 3 nitrogen and oxygen atoms in total. The van der Waals surface area contributed by atoms with Crippen LogP contribution < -0.4 is 0 Å². The summed E-state index contributed by atoms with van der Waals surface area (Å²) in [5, 5.41) is 27.8. The van der Waals surface area contributed by atoms with E-state index in [9.17, 15) is 15.3 Å². The molecule has 0 radical (unpaired) electrons. The number of rotatable bonds is 6. The van der Waals surface area contributed by atoms with Gasteiger partial charge in [-0.25, -0.2) is 0 Å². The van der Waals surface area contributed by atoms with Gasteiger partial charge in [0, 0.05) is 11.8 Å². The van der Waals surface area contributed by atoms with E-state index in [0.29, 0.717) is 18.4 Å². The third-order valence-corrected chi connectivity index (χ3v) is 5.54. The first kappa shape index (κ1) is 18.9. The highest BCUT2D eigenvalue weighted by molar-refractivity contribution is 5.31. The van der Waals surface area contributed by atoms with Gasteiger partial charge in [-0.1, -0.05) is 42.0 Å². The Balaban J connectivity index is 0.000000151. The Morgan fingerprint density at radius 1 is 0.808 bits per heavy atom. The van der Waals surface area contributed by atoms with Crippen LogP contribution in [0.5, 0.6) is 5.75 Å². The lowest BCUT2D eigenvalue weighted by Crippen LogP contribution is -2.06. The highest BCUT2D eigenvalue weighted by atomic mass is 16.3. The van der Waals surface area contributed by atoms with Gasteiger partial charge >= 0.3 is 0 Å². The number of aliphatic hydroxyl groups is 2. The fourth-order valence-electron chi connectivity index (χ4n) is 3.71. The number of hydrogen-bond acceptors (Lipinski definition) is 3. The van der Waals surface area contributed by atoms with Gasteiger partial charge in [0.15, 0.2) is 0 Å². The van der Waals surface area contributed by atoms with Gasteiger partial charge in [0.2, 0.25) is 0 Å². The van der Waals surface area contributed by atoms with E-state index in [4.69, 9.17) is 0 Å². The van der Waals surface area contributed by atoms with E-state index in [2.05, 4.69) is 31.2 Å². The second-order valence-corrected chi connectivity index (χ2v) is 7.76. The molecule has 0 amide bonds. The lowest BCUT2D eigenvalue weighted by Gasteiger charge is -2.13. The maximum absolute atomic E-state index is 9.28. The minimum Gasteiger partial charge on any atom is -0.508 e. The van der Waals surface area contributed by atoms with Crippen molar-refractivity contribution in [1.29, 1.82) is 0 Å². The van der Waals surface area contributed by atoms with Gasteiger partial charge in [-0.2, -0.15) is 0 Å². The third-order valence-electron chi connectivity index (χ3n) is 5.54. The number of hydrogen-bond donors (Lipinski definition) is 3. The maximum Gasteiger partial charge on any atom is 0.115 e. The minimum atomic E-state index is 0.189. The summed E-state index contributed by atoms with van der Waals surface area (Å²) in [6.45, 7) is 2.59. The van der Waals surface area contributed by atoms with E-state index < -0.39 is 0 Å². The number of aryl methyl sites for hydroxylation is 1. The Hall–Kier alpha value is -1.84. The zero-order chi connectivity index (χ0) is 18.5. The highest BCUT2D eigenvalue weighted by Gasteiger charge is 2.32. The summed E-state index contributed by atoms with van der Waals surface area (Å²) in [7, 11) is 0. The Kier molecular flexibility index (Phi) is 6.33. The molecular formula is C23H30O3. The molecule has 140 valence electrons. The summed E-state index contributed by atoms with van der Waals surface area (Å²) in [6, 6.07) is 15.7. The van der Waals surface area contributed by atoms with Crippen molar-refractivity contribution in [3.8, 4) is 5.75 Å². The van der Waals surface area contributed by atoms with Gasteiger partial charge in [-0.15, -0.1) is 0 Å². The lowest BCUT2D eigenvalue weighted by atomic mass is 9.94. The zero-order valence-corrected chi connectivity index (χ0v) is 15.5. The first-order valence-electron chi connectivity index (χ1n) is 9.69. The minimum absolute atomic E-state index is 0.189. The van der Waals surface area contributed by atoms with E-state index in [1.54, 1.807) is 12.1 Å². The SMILES string of the molecule is Cc1cccc(C(CO)C2CC2)c1.OCC(c1cccc(O)c1)C1CC1. The van der Waals surface area contributed by atoms with E-state index >= 15 is 0 Å². The number of benzene rings is 2. The van der Waals surface area contributed by atoms with Crippen molar-refractivity contribution in [2.45, 2.75) is 44.4 Å². The fourth-order valence-corrected chi connectivity index (χ4v) is 3.71. The van der Waals surface area contributed by atoms with Crippen molar-refractivity contribution in [1.82, 2.24) is 0 Å². The third kappa shape index (κ3) is 5.09. The van der Waals surface area contributed by atoms with Crippen LogP contribution >= 0.6 is 0 Å². The topological polar surface area (TPSA) is 60.7 Å². The van der Waals surface area contributed by atoms with Gasteiger partial charge < -0.3 is 15.3 Å². The molecule has 2 aliphatic rings. The predicted octanol–water partition coefficient (Wildman–Crippen LogP) is 4.36. The maximum atomic E-state index is 9.28. The number of aliphatic hydroxyl groups excluding tert-OH is 2. The normalized spacial score (nSPS) is 18.6. The molecule has 3 N–H and O–H groups in total. The van der Waals surface area contributed by atoms with Crippen LogP contribution in [-0.2, 0) is 0 Å². The number of phenolic OH excluding ortho intramolecular Hbond substituents is 1. The van der Waals surface area contributed by atoms with Crippen LogP contribution in [0.3, 0.4) is 0 Å². The van der Waals surface area contributed by atoms with Crippen LogP contribution in [0.2, 0.25) is 0 Å². The molecule has 2 unspecified atom stereocenters. The first-order valence-corrected chi connectivity index (χ1v) is 9.69. The molecular weight excluding hydrogens is 324 g/mol. The Labute approximate surface area is 156 Å². The molecule has 0 aliphatic heterocycles. The quantitative estimate of drug-likeness (QED) is 0.722. The summed E-state index contributed by atoms with van der Waals surface area (Å²) in [4.78, 5) is 0. The molecule has 2 aromatic rings. The van der Waals surface area contributed by atoms with Crippen LogP contribution in [0.15, 0.2) is 48.5 Å². The lowest BCUT2D eigenvalue weighted by molar-refractivity contribution is 0.252. The number of aromatic hydroxyl groups is 1. The van der Waals surface area contributed by atoms with Crippen LogP contribution in [0.1, 0.15) is 54.2 Å². The molecule has 0 saturated heterocycles. The van der Waals surface area contributed by atoms with Crippen LogP contribution in [0, 0.1) is 18.8 Å². The summed E-state index contributed by atoms with van der Waals surface area (Å²) >= 11 is 0. The molecule has 2 aliphatic carbocycles. The van der Waals surface area contributed by atoms with Gasteiger partial charge in [0.05, 0.1) is 13.2 Å². The van der Waals surface area contributed by atoms with Crippen molar-refractivity contribution < 1.29 is 15.3 Å². The molecule has 26 heavy (non-hydrogen) atoms. The average Bonchev–Trinajstić information content (AvgIpc) is 3.52. The molecule has 0 bridgehead atoms. The van der Waals surface area contributed by atoms with Crippen LogP contribution in [0.4, 0.5) is 0 Å². The van der Waals surface area contributed by atoms with Gasteiger partial charge in [-0.05, 0) is 67.7 Å². The van der Waals surface area contributed by atoms with Crippen LogP contribution in [-0.4, -0.2) is 28.5 Å². The fraction of sp³-hybridized carbons (Fsp3) is 0.478. The summed E-state index contributed by atoms with van der Waals surface area (Å²) < 4.78 is 0. The molecule has 2 saturated carbocycles. The molecule has 2 aromatic carbocycles. The van der Waals surface area contributed by atoms with Gasteiger partial charge in [0.1, 0.15) is 5.75 Å². The predicted molar refractivity (Wildman–Crippen MR) is 104 cm³/mol. The smallest absolute Gasteiger partial charge is 0.115 e. The summed E-state index contributed by atoms with van der Waals surface area (Å²) in [5.41, 5.74) is 3.66. The summed E-state index contributed by atoms with van der Waals surface area (Å²) in [5.74, 6) is 2.28. The Bertz CT molecular complexity index is 643. The van der Waals surface area contributed by atoms with Gasteiger partial charge in [0.25, 0.3) is 0 Å². The van der Waals surface area contributed by atoms with Crippen LogP contribution in [0.25, 0.3) is 0 Å². The molecule has 3 heteroatoms. The molecule has 0 aromatic heterocycles. The molecule has 4 rings (SSSR count). The molecule has 2 atom stereocenters. The van der Waals surface area contributed by atoms with Crippen molar-refractivity contribution in [3.63, 3.8) is 0 Å². The molecule has 0 heterocycles. The highest BCUT2D eigenvalue weighted by Crippen LogP contribution is 2.43. The largest absolute Gasteiger partial charge is 0.508 e. The monoisotopic (exact) mass is 354 g/mol. The molecule has 0 spiro atoms. The van der Waals surface area contributed by atoms with Crippen molar-refractivity contribution >= 4 is 0 Å². The average molecular weight is 354 g/mol. The second-order valence-electron chi connectivity index (χ2n) is 7.76. The van der Waals surface area contributed by atoms with E-state index in [1.807, 2.05) is 12.1 Å². The molecule has 2 fully saturated rings. The first-order chi connectivity index (χ1) is 12.6. The summed E-state index contributed by atoms with van der Waals surface area (Å²) in [6.07, 6.45) is 5.00. The Morgan fingerprint density at radius 2 is 1.31 bits per heavy atom. The van der Waals surface area contributed by atoms with E-state index in [-0.39, 0.29) is 18.3 Å². The number of phenols is 1. The van der Waals surface area contributed by atoms with Gasteiger partial charge in [-0.3, -0.25) is 0 Å². The standard InChI is InChI=1S/C12H16O.C11H14O2/c1-9-3-2-4-11(7-9)12(8-13)10-5-6-10;12-7-11(8-4-5-8)9-2-1-3-10(13)6-9/h2-4,7,10,12-13H,5-6,8H2,1H3;1-3,6,8,11-13H,4-5,7H2.